The SMILES string of the molecule is Cn1cc(CN2C(=O)c3cc(S(=O)(=O)NC4(C)CC4)ccc3N3C2=NCC3C#Cc2cnn(C)n2)cn1. The van der Waals surface area contributed by atoms with Crippen LogP contribution in [0.3, 0.4) is 0 Å². The maximum absolute atomic E-state index is 13.8. The number of nitrogens with one attached hydrogen (secondary N) is 1. The predicted octanol–water partition coefficient (Wildman–Crippen LogP) is 0.632. The molecule has 0 saturated heterocycles. The Hall–Kier alpha value is -4.02. The van der Waals surface area contributed by atoms with Crippen LogP contribution in [0.4, 0.5) is 5.69 Å². The Kier molecular flexibility index (Phi) is 5.22. The van der Waals surface area contributed by atoms with Gasteiger partial charge in [0.1, 0.15) is 6.04 Å². The van der Waals surface area contributed by atoms with E-state index < -0.39 is 15.6 Å². The van der Waals surface area contributed by atoms with Crippen molar-refractivity contribution < 1.29 is 13.2 Å². The number of hydrogen-bond donors (Lipinski definition) is 1. The van der Waals surface area contributed by atoms with E-state index in [1.54, 1.807) is 42.1 Å². The molecule has 190 valence electrons. The molecular weight excluding hydrogens is 494 g/mol. The molecule has 1 saturated carbocycles. The van der Waals surface area contributed by atoms with Crippen LogP contribution in [0, 0.1) is 11.8 Å². The van der Waals surface area contributed by atoms with Crippen molar-refractivity contribution in [2.75, 3.05) is 11.4 Å². The number of carbonyl (C=O) groups excluding carboxylic acids is 1. The van der Waals surface area contributed by atoms with E-state index in [1.165, 1.54) is 16.9 Å². The average Bonchev–Trinajstić information content (AvgIpc) is 3.21. The fourth-order valence-electron chi connectivity index (χ4n) is 4.48. The Morgan fingerprint density at radius 1 is 1.19 bits per heavy atom. The molecule has 1 unspecified atom stereocenters. The van der Waals surface area contributed by atoms with Crippen molar-refractivity contribution in [3.63, 3.8) is 0 Å². The minimum absolute atomic E-state index is 0.0517. The quantitative estimate of drug-likeness (QED) is 0.489. The van der Waals surface area contributed by atoms with Crippen molar-refractivity contribution in [2.24, 2.45) is 19.1 Å². The number of amides is 1. The van der Waals surface area contributed by atoms with E-state index in [-0.39, 0.29) is 29.0 Å². The molecule has 12 nitrogen and oxygen atoms in total. The molecule has 0 spiro atoms. The molecule has 2 aliphatic heterocycles. The monoisotopic (exact) mass is 519 g/mol. The van der Waals surface area contributed by atoms with Crippen LogP contribution in [0.5, 0.6) is 0 Å². The van der Waals surface area contributed by atoms with Gasteiger partial charge in [0, 0.05) is 31.4 Å². The van der Waals surface area contributed by atoms with Gasteiger partial charge in [-0.25, -0.2) is 18.1 Å². The molecule has 2 aromatic heterocycles. The van der Waals surface area contributed by atoms with Gasteiger partial charge in [-0.1, -0.05) is 5.92 Å². The van der Waals surface area contributed by atoms with E-state index in [0.29, 0.717) is 23.9 Å². The molecule has 0 bridgehead atoms. The fourth-order valence-corrected chi connectivity index (χ4v) is 5.97. The lowest BCUT2D eigenvalue weighted by Gasteiger charge is -2.37. The first-order valence-corrected chi connectivity index (χ1v) is 13.3. The molecule has 13 heteroatoms. The Morgan fingerprint density at radius 3 is 2.68 bits per heavy atom. The number of hydrogen-bond acceptors (Lipinski definition) is 8. The standard InChI is InChI=1S/C24H25N9O3S/c1-24(8-9-24)29-37(35,36)19-6-7-21-20(10-19)22(34)32(15-16-11-26-30(2)14-16)23-25-13-18(33(21)23)5-4-17-12-27-31(3)28-17/h6-7,10-12,14,18,29H,8-9,13,15H2,1-3H3. The number of nitrogens with zero attached hydrogens (tertiary/aromatic N) is 8. The van der Waals surface area contributed by atoms with Crippen LogP contribution >= 0.6 is 0 Å². The van der Waals surface area contributed by atoms with E-state index in [1.807, 2.05) is 18.0 Å². The highest BCUT2D eigenvalue weighted by atomic mass is 32.2. The van der Waals surface area contributed by atoms with E-state index >= 15 is 0 Å². The largest absolute Gasteiger partial charge is 0.295 e. The molecule has 1 aromatic carbocycles. The lowest BCUT2D eigenvalue weighted by molar-refractivity contribution is 0.0833. The summed E-state index contributed by atoms with van der Waals surface area (Å²) in [7, 11) is -0.272. The van der Waals surface area contributed by atoms with Crippen LogP contribution in [-0.2, 0) is 30.7 Å². The van der Waals surface area contributed by atoms with Crippen LogP contribution in [0.2, 0.25) is 0 Å². The molecule has 1 amide bonds. The zero-order chi connectivity index (χ0) is 25.9. The second-order valence-electron chi connectivity index (χ2n) is 9.77. The highest BCUT2D eigenvalue weighted by Gasteiger charge is 2.44. The molecule has 1 N–H and O–H groups in total. The van der Waals surface area contributed by atoms with E-state index in [2.05, 4.69) is 36.9 Å². The van der Waals surface area contributed by atoms with Crippen LogP contribution in [0.15, 0.2) is 46.7 Å². The number of guanidine groups is 1. The van der Waals surface area contributed by atoms with Gasteiger partial charge >= 0.3 is 0 Å². The summed E-state index contributed by atoms with van der Waals surface area (Å²) in [6.07, 6.45) is 6.67. The summed E-state index contributed by atoms with van der Waals surface area (Å²) in [6.45, 7) is 2.45. The van der Waals surface area contributed by atoms with Gasteiger partial charge < -0.3 is 0 Å². The number of rotatable bonds is 5. The lowest BCUT2D eigenvalue weighted by atomic mass is 10.1. The average molecular weight is 520 g/mol. The number of anilines is 1. The minimum Gasteiger partial charge on any atom is -0.295 e. The second-order valence-corrected chi connectivity index (χ2v) is 11.5. The highest BCUT2D eigenvalue weighted by Crippen LogP contribution is 2.38. The summed E-state index contributed by atoms with van der Waals surface area (Å²) >= 11 is 0. The zero-order valence-electron chi connectivity index (χ0n) is 20.6. The van der Waals surface area contributed by atoms with Gasteiger partial charge in [-0.15, -0.1) is 5.10 Å². The van der Waals surface area contributed by atoms with Crippen LogP contribution in [0.25, 0.3) is 0 Å². The third-order valence-corrected chi connectivity index (χ3v) is 8.27. The Morgan fingerprint density at radius 2 is 2.00 bits per heavy atom. The molecule has 1 atom stereocenters. The van der Waals surface area contributed by atoms with Crippen LogP contribution < -0.4 is 9.62 Å². The van der Waals surface area contributed by atoms with Crippen molar-refractivity contribution >= 4 is 27.6 Å². The molecule has 4 heterocycles. The van der Waals surface area contributed by atoms with E-state index in [9.17, 15) is 13.2 Å². The summed E-state index contributed by atoms with van der Waals surface area (Å²) < 4.78 is 30.6. The summed E-state index contributed by atoms with van der Waals surface area (Å²) in [4.78, 5) is 23.3. The van der Waals surface area contributed by atoms with Gasteiger partial charge in [-0.3, -0.25) is 19.3 Å². The number of aromatic nitrogens is 5. The molecule has 6 rings (SSSR count). The first-order valence-electron chi connectivity index (χ1n) is 11.8. The van der Waals surface area contributed by atoms with Crippen molar-refractivity contribution in [1.29, 1.82) is 0 Å². The number of aryl methyl sites for hydroxylation is 2. The Balaban J connectivity index is 1.41. The maximum atomic E-state index is 13.8. The fraction of sp³-hybridized carbons (Fsp3) is 0.375. The highest BCUT2D eigenvalue weighted by molar-refractivity contribution is 7.89. The van der Waals surface area contributed by atoms with Crippen molar-refractivity contribution in [3.05, 3.63) is 53.6 Å². The summed E-state index contributed by atoms with van der Waals surface area (Å²) in [5.41, 5.74) is 1.76. The van der Waals surface area contributed by atoms with E-state index in [0.717, 1.165) is 18.4 Å². The molecule has 0 radical (unpaired) electrons. The normalized spacial score (nSPS) is 19.7. The Labute approximate surface area is 214 Å². The third-order valence-electron chi connectivity index (χ3n) is 6.63. The molecule has 1 fully saturated rings. The van der Waals surface area contributed by atoms with Crippen molar-refractivity contribution in [2.45, 2.75) is 42.8 Å². The van der Waals surface area contributed by atoms with Crippen LogP contribution in [0.1, 0.15) is 41.4 Å². The topological polar surface area (TPSA) is 131 Å². The summed E-state index contributed by atoms with van der Waals surface area (Å²) in [5.74, 6) is 6.38. The third kappa shape index (κ3) is 4.28. The van der Waals surface area contributed by atoms with Crippen molar-refractivity contribution in [1.82, 2.24) is 34.4 Å². The maximum Gasteiger partial charge on any atom is 0.263 e. The van der Waals surface area contributed by atoms with Gasteiger partial charge in [0.05, 0.1) is 41.6 Å². The molecular formula is C24H25N9O3S. The number of aliphatic imine (C=N–C) groups is 1. The molecule has 3 aliphatic rings. The molecule has 3 aromatic rings. The van der Waals surface area contributed by atoms with Gasteiger partial charge in [0.25, 0.3) is 5.91 Å². The summed E-state index contributed by atoms with van der Waals surface area (Å²) in [5, 5.41) is 12.5. The number of fused-ring (bicyclic) bond motifs is 3. The van der Waals surface area contributed by atoms with Crippen LogP contribution in [-0.4, -0.2) is 68.1 Å². The van der Waals surface area contributed by atoms with Gasteiger partial charge in [-0.05, 0) is 43.9 Å². The van der Waals surface area contributed by atoms with E-state index in [4.69, 9.17) is 0 Å². The number of benzene rings is 1. The Bertz CT molecular complexity index is 1620. The van der Waals surface area contributed by atoms with Gasteiger partial charge in [0.15, 0.2) is 5.69 Å². The number of sulfonamides is 1. The van der Waals surface area contributed by atoms with Gasteiger partial charge in [-0.2, -0.15) is 15.0 Å². The second kappa shape index (κ2) is 8.25. The molecule has 1 aliphatic carbocycles. The number of carbonyl (C=O) groups is 1. The van der Waals surface area contributed by atoms with Gasteiger partial charge in [0.2, 0.25) is 16.0 Å². The smallest absolute Gasteiger partial charge is 0.263 e. The first-order chi connectivity index (χ1) is 17.6. The van der Waals surface area contributed by atoms with Crippen molar-refractivity contribution in [3.8, 4) is 11.8 Å². The predicted molar refractivity (Wildman–Crippen MR) is 134 cm³/mol. The minimum atomic E-state index is -3.79. The molecule has 37 heavy (non-hydrogen) atoms. The lowest BCUT2D eigenvalue weighted by Crippen LogP contribution is -2.52. The first kappa shape index (κ1) is 23.4. The summed E-state index contributed by atoms with van der Waals surface area (Å²) in [6, 6.07) is 4.27. The zero-order valence-corrected chi connectivity index (χ0v) is 21.4.